The smallest absolute Gasteiger partial charge is 0.255 e. The fourth-order valence-electron chi connectivity index (χ4n) is 6.96. The van der Waals surface area contributed by atoms with Crippen molar-refractivity contribution in [1.82, 2.24) is 4.58 Å². The van der Waals surface area contributed by atoms with Crippen LogP contribution < -0.4 is 9.48 Å². The minimum Gasteiger partial charge on any atom is -0.449 e. The number of furan rings is 1. The molecule has 0 bridgehead atoms. The Balaban J connectivity index is 1.45. The van der Waals surface area contributed by atoms with Crippen molar-refractivity contribution in [3.8, 4) is 0 Å². The van der Waals surface area contributed by atoms with Crippen LogP contribution in [-0.2, 0) is 4.79 Å². The minimum atomic E-state index is -0.0682. The first kappa shape index (κ1) is 19.4. The molecule has 3 heterocycles. The van der Waals surface area contributed by atoms with Crippen LogP contribution in [0.2, 0.25) is 0 Å². The standard InChI is InChI=1S/C31H25N2O2/c34-30-21-10-1-3-13-23(21)33-25-15-5-4-14-24(25)32(26-16-8-12-22(30)29(26)33)27-17-7-11-20-19-9-2-6-18-28(19)35-31(20)27/h2,4-9,11-12,14-18,21,23,29H,1,3,10,13H2/q+1. The minimum absolute atomic E-state index is 0.0682. The number of rotatable bonds is 1. The van der Waals surface area contributed by atoms with Crippen LogP contribution in [0.15, 0.2) is 94.9 Å². The van der Waals surface area contributed by atoms with Crippen LogP contribution in [0.25, 0.3) is 21.9 Å². The Morgan fingerprint density at radius 1 is 0.857 bits per heavy atom. The normalized spacial score (nSPS) is 24.9. The van der Waals surface area contributed by atoms with E-state index < -0.39 is 0 Å². The first-order valence-electron chi connectivity index (χ1n) is 12.7. The van der Waals surface area contributed by atoms with E-state index in [1.165, 1.54) is 12.1 Å². The first-order valence-corrected chi connectivity index (χ1v) is 12.7. The van der Waals surface area contributed by atoms with E-state index in [4.69, 9.17) is 4.42 Å². The molecule has 170 valence electrons. The number of nitrogens with zero attached hydrogens (tertiary/aromatic N) is 2. The molecule has 4 aromatic rings. The highest BCUT2D eigenvalue weighted by Crippen LogP contribution is 2.49. The molecule has 2 fully saturated rings. The summed E-state index contributed by atoms with van der Waals surface area (Å²) in [6, 6.07) is 23.5. The van der Waals surface area contributed by atoms with Gasteiger partial charge >= 0.3 is 0 Å². The number of ketones is 1. The number of hydrogen-bond donors (Lipinski definition) is 0. The van der Waals surface area contributed by atoms with E-state index in [9.17, 15) is 4.79 Å². The number of benzene rings is 3. The average Bonchev–Trinajstić information content (AvgIpc) is 3.30. The summed E-state index contributed by atoms with van der Waals surface area (Å²) in [6.07, 6.45) is 10.7. The Morgan fingerprint density at radius 3 is 2.63 bits per heavy atom. The molecule has 1 saturated carbocycles. The van der Waals surface area contributed by atoms with Crippen molar-refractivity contribution >= 4 is 50.5 Å². The molecule has 1 saturated heterocycles. The number of piperidine rings is 1. The lowest BCUT2D eigenvalue weighted by molar-refractivity contribution is -0.121. The molecule has 8 rings (SSSR count). The lowest BCUT2D eigenvalue weighted by atomic mass is 9.70. The van der Waals surface area contributed by atoms with Crippen molar-refractivity contribution in [3.63, 3.8) is 0 Å². The van der Waals surface area contributed by atoms with E-state index in [1.807, 2.05) is 12.1 Å². The third-order valence-electron chi connectivity index (χ3n) is 8.39. The molecule has 0 radical (unpaired) electrons. The van der Waals surface area contributed by atoms with Gasteiger partial charge in [-0.25, -0.2) is 0 Å². The van der Waals surface area contributed by atoms with Crippen LogP contribution in [0.3, 0.4) is 0 Å². The topological polar surface area (TPSA) is 36.5 Å². The highest BCUT2D eigenvalue weighted by Gasteiger charge is 2.54. The van der Waals surface area contributed by atoms with Gasteiger partial charge < -0.3 is 9.32 Å². The molecule has 2 aliphatic carbocycles. The molecule has 3 atom stereocenters. The molecule has 4 nitrogen and oxygen atoms in total. The maximum atomic E-state index is 13.7. The third kappa shape index (κ3) is 2.52. The second-order valence-electron chi connectivity index (χ2n) is 10.1. The van der Waals surface area contributed by atoms with Crippen LogP contribution in [0.1, 0.15) is 25.7 Å². The van der Waals surface area contributed by atoms with E-state index >= 15 is 0 Å². The maximum Gasteiger partial charge on any atom is 0.255 e. The van der Waals surface area contributed by atoms with Crippen LogP contribution in [0.4, 0.5) is 17.1 Å². The van der Waals surface area contributed by atoms with Gasteiger partial charge in [-0.3, -0.25) is 4.79 Å². The predicted molar refractivity (Wildman–Crippen MR) is 141 cm³/mol. The molecule has 35 heavy (non-hydrogen) atoms. The van der Waals surface area contributed by atoms with Gasteiger partial charge in [0.05, 0.1) is 0 Å². The summed E-state index contributed by atoms with van der Waals surface area (Å²) in [7, 11) is 0. The zero-order valence-corrected chi connectivity index (χ0v) is 19.4. The van der Waals surface area contributed by atoms with Crippen molar-refractivity contribution in [2.45, 2.75) is 37.8 Å². The first-order chi connectivity index (χ1) is 17.3. The van der Waals surface area contributed by atoms with Gasteiger partial charge in [-0.05, 0) is 31.0 Å². The summed E-state index contributed by atoms with van der Waals surface area (Å²) in [4.78, 5) is 16.3. The number of fused-ring (bicyclic) bond motifs is 7. The molecule has 4 heteroatoms. The number of hydrogen-bond acceptors (Lipinski definition) is 3. The summed E-state index contributed by atoms with van der Waals surface area (Å²) < 4.78 is 8.79. The molecule has 0 amide bonds. The fourth-order valence-corrected chi connectivity index (χ4v) is 6.96. The van der Waals surface area contributed by atoms with Gasteiger partial charge in [0.25, 0.3) is 5.69 Å². The molecule has 3 aromatic carbocycles. The Kier molecular flexibility index (Phi) is 3.90. The second kappa shape index (κ2) is 7.05. The number of carbonyl (C=O) groups is 1. The number of Topliss-reactive ketones (excluding diaryl/α,β-unsaturated/α-hetero) is 1. The quantitative estimate of drug-likeness (QED) is 0.299. The van der Waals surface area contributed by atoms with Crippen LogP contribution >= 0.6 is 0 Å². The van der Waals surface area contributed by atoms with E-state index in [1.54, 1.807) is 0 Å². The Hall–Kier alpha value is -3.92. The van der Waals surface area contributed by atoms with E-state index in [0.29, 0.717) is 5.78 Å². The molecule has 0 N–H and O–H groups in total. The fraction of sp³-hybridized carbons (Fsp3) is 0.226. The van der Waals surface area contributed by atoms with Crippen LogP contribution in [0, 0.1) is 5.92 Å². The molecule has 0 spiro atoms. The molecular formula is C31H25N2O2+. The number of anilines is 1. The van der Waals surface area contributed by atoms with E-state index in [2.05, 4.69) is 82.3 Å². The lowest BCUT2D eigenvalue weighted by Gasteiger charge is -2.50. The largest absolute Gasteiger partial charge is 0.449 e. The van der Waals surface area contributed by atoms with E-state index in [0.717, 1.165) is 63.9 Å². The van der Waals surface area contributed by atoms with Crippen molar-refractivity contribution in [1.29, 1.82) is 0 Å². The Labute approximate surface area is 203 Å². The highest BCUT2D eigenvalue weighted by molar-refractivity contribution is 6.20. The zero-order valence-electron chi connectivity index (χ0n) is 19.4. The maximum absolute atomic E-state index is 13.7. The van der Waals surface area contributed by atoms with Gasteiger partial charge in [0.15, 0.2) is 5.78 Å². The number of para-hydroxylation sites is 4. The molecule has 4 aliphatic rings. The monoisotopic (exact) mass is 457 g/mol. The van der Waals surface area contributed by atoms with Gasteiger partial charge in [0, 0.05) is 46.5 Å². The lowest BCUT2D eigenvalue weighted by Crippen LogP contribution is -2.62. The van der Waals surface area contributed by atoms with Gasteiger partial charge in [0.2, 0.25) is 17.0 Å². The van der Waals surface area contributed by atoms with Gasteiger partial charge in [0.1, 0.15) is 17.3 Å². The Morgan fingerprint density at radius 2 is 1.66 bits per heavy atom. The summed E-state index contributed by atoms with van der Waals surface area (Å²) in [5.41, 5.74) is 7.21. The van der Waals surface area contributed by atoms with Gasteiger partial charge in [-0.15, -0.1) is 0 Å². The van der Waals surface area contributed by atoms with Crippen molar-refractivity contribution in [2.75, 3.05) is 4.90 Å². The van der Waals surface area contributed by atoms with Gasteiger partial charge in [-0.2, -0.15) is 4.58 Å². The van der Waals surface area contributed by atoms with Crippen LogP contribution in [0.5, 0.6) is 0 Å². The predicted octanol–water partition coefficient (Wildman–Crippen LogP) is 6.69. The SMILES string of the molecule is O=C1C2=CC=CC3=[N+](c4cccc5c4oc4ccccc45)c4ccccc4N(C23)C2CCCCC12. The van der Waals surface area contributed by atoms with Crippen molar-refractivity contribution < 1.29 is 9.21 Å². The van der Waals surface area contributed by atoms with Crippen molar-refractivity contribution in [2.24, 2.45) is 5.92 Å². The molecule has 3 unspecified atom stereocenters. The van der Waals surface area contributed by atoms with E-state index in [-0.39, 0.29) is 18.0 Å². The molecule has 1 aromatic heterocycles. The highest BCUT2D eigenvalue weighted by atomic mass is 16.3. The van der Waals surface area contributed by atoms with Crippen LogP contribution in [-0.4, -0.2) is 23.6 Å². The second-order valence-corrected chi connectivity index (χ2v) is 10.1. The third-order valence-corrected chi connectivity index (χ3v) is 8.39. The summed E-state index contributed by atoms with van der Waals surface area (Å²) in [5.74, 6) is 0.441. The number of carbonyl (C=O) groups excluding carboxylic acids is 1. The molecule has 2 aliphatic heterocycles. The van der Waals surface area contributed by atoms with Crippen molar-refractivity contribution in [3.05, 3.63) is 90.5 Å². The summed E-state index contributed by atoms with van der Waals surface area (Å²) >= 11 is 0. The average molecular weight is 458 g/mol. The summed E-state index contributed by atoms with van der Waals surface area (Å²) in [5, 5.41) is 2.24. The summed E-state index contributed by atoms with van der Waals surface area (Å²) in [6.45, 7) is 0. The zero-order chi connectivity index (χ0) is 23.1. The molecular weight excluding hydrogens is 432 g/mol. The number of allylic oxidation sites excluding steroid dienone is 2. The van der Waals surface area contributed by atoms with Gasteiger partial charge in [-0.1, -0.05) is 61.4 Å². The Bertz CT molecular complexity index is 1650.